The first-order chi connectivity index (χ1) is 12.6. The molecule has 0 saturated heterocycles. The standard InChI is InChI=1S/C20H19ClFN3O/c1-2-24(20(26)16-6-8-17(21)9-7-16)14-19-23-10-11-25(19)13-15-4-3-5-18(22)12-15/h3-12H,2,13-14H2,1H3. The van der Waals surface area contributed by atoms with Gasteiger partial charge in [-0.3, -0.25) is 4.79 Å². The average Bonchev–Trinajstić information content (AvgIpc) is 3.06. The molecule has 1 aromatic heterocycles. The monoisotopic (exact) mass is 371 g/mol. The van der Waals surface area contributed by atoms with Gasteiger partial charge in [0.05, 0.1) is 6.54 Å². The Balaban J connectivity index is 1.76. The molecule has 0 spiro atoms. The second-order valence-corrected chi connectivity index (χ2v) is 6.36. The zero-order chi connectivity index (χ0) is 18.5. The van der Waals surface area contributed by atoms with Crippen LogP contribution in [-0.2, 0) is 13.1 Å². The van der Waals surface area contributed by atoms with E-state index in [-0.39, 0.29) is 11.7 Å². The summed E-state index contributed by atoms with van der Waals surface area (Å²) in [7, 11) is 0. The van der Waals surface area contributed by atoms with E-state index < -0.39 is 0 Å². The molecule has 0 aliphatic heterocycles. The molecule has 0 radical (unpaired) electrons. The summed E-state index contributed by atoms with van der Waals surface area (Å²) in [6.45, 7) is 3.35. The molecule has 3 aromatic rings. The van der Waals surface area contributed by atoms with E-state index in [0.717, 1.165) is 11.4 Å². The van der Waals surface area contributed by atoms with Crippen LogP contribution in [0.3, 0.4) is 0 Å². The van der Waals surface area contributed by atoms with Crippen molar-refractivity contribution in [1.82, 2.24) is 14.5 Å². The highest BCUT2D eigenvalue weighted by molar-refractivity contribution is 6.30. The van der Waals surface area contributed by atoms with Crippen molar-refractivity contribution in [1.29, 1.82) is 0 Å². The van der Waals surface area contributed by atoms with Gasteiger partial charge in [-0.2, -0.15) is 0 Å². The zero-order valence-corrected chi connectivity index (χ0v) is 15.2. The third kappa shape index (κ3) is 4.29. The molecule has 0 saturated carbocycles. The maximum absolute atomic E-state index is 13.4. The first-order valence-electron chi connectivity index (χ1n) is 8.36. The third-order valence-corrected chi connectivity index (χ3v) is 4.39. The molecular formula is C20H19ClFN3O. The Kier molecular flexibility index (Phi) is 5.68. The Morgan fingerprint density at radius 1 is 1.23 bits per heavy atom. The summed E-state index contributed by atoms with van der Waals surface area (Å²) in [5, 5.41) is 0.593. The SMILES string of the molecule is CCN(Cc1nccn1Cc1cccc(F)c1)C(=O)c1ccc(Cl)cc1. The van der Waals surface area contributed by atoms with Gasteiger partial charge < -0.3 is 9.47 Å². The average molecular weight is 372 g/mol. The largest absolute Gasteiger partial charge is 0.331 e. The van der Waals surface area contributed by atoms with E-state index >= 15 is 0 Å². The second kappa shape index (κ2) is 8.15. The number of aromatic nitrogens is 2. The molecule has 0 N–H and O–H groups in total. The number of hydrogen-bond acceptors (Lipinski definition) is 2. The fourth-order valence-corrected chi connectivity index (χ4v) is 2.87. The second-order valence-electron chi connectivity index (χ2n) is 5.93. The minimum Gasteiger partial charge on any atom is -0.331 e. The van der Waals surface area contributed by atoms with Crippen LogP contribution < -0.4 is 0 Å². The van der Waals surface area contributed by atoms with E-state index in [9.17, 15) is 9.18 Å². The third-order valence-electron chi connectivity index (χ3n) is 4.14. The van der Waals surface area contributed by atoms with Crippen molar-refractivity contribution >= 4 is 17.5 Å². The summed E-state index contributed by atoms with van der Waals surface area (Å²) in [4.78, 5) is 18.8. The smallest absolute Gasteiger partial charge is 0.254 e. The van der Waals surface area contributed by atoms with Crippen LogP contribution in [0.5, 0.6) is 0 Å². The highest BCUT2D eigenvalue weighted by atomic mass is 35.5. The maximum atomic E-state index is 13.4. The first-order valence-corrected chi connectivity index (χ1v) is 8.74. The van der Waals surface area contributed by atoms with Gasteiger partial charge in [0.25, 0.3) is 5.91 Å². The minimum absolute atomic E-state index is 0.0792. The van der Waals surface area contributed by atoms with Crippen LogP contribution in [0.4, 0.5) is 4.39 Å². The molecule has 0 fully saturated rings. The lowest BCUT2D eigenvalue weighted by molar-refractivity contribution is 0.0747. The van der Waals surface area contributed by atoms with Crippen LogP contribution in [-0.4, -0.2) is 26.9 Å². The Hall–Kier alpha value is -2.66. The van der Waals surface area contributed by atoms with Crippen LogP contribution in [0, 0.1) is 5.82 Å². The fourth-order valence-electron chi connectivity index (χ4n) is 2.74. The van der Waals surface area contributed by atoms with Gasteiger partial charge in [-0.1, -0.05) is 23.7 Å². The topological polar surface area (TPSA) is 38.1 Å². The fraction of sp³-hybridized carbons (Fsp3) is 0.200. The Morgan fingerprint density at radius 3 is 2.69 bits per heavy atom. The van der Waals surface area contributed by atoms with Gasteiger partial charge in [-0.15, -0.1) is 0 Å². The van der Waals surface area contributed by atoms with Crippen molar-refractivity contribution in [2.75, 3.05) is 6.54 Å². The number of carbonyl (C=O) groups excluding carboxylic acids is 1. The highest BCUT2D eigenvalue weighted by Gasteiger charge is 2.17. The predicted octanol–water partition coefficient (Wildman–Crippen LogP) is 4.39. The van der Waals surface area contributed by atoms with Crippen LogP contribution in [0.1, 0.15) is 28.7 Å². The van der Waals surface area contributed by atoms with Crippen molar-refractivity contribution in [2.24, 2.45) is 0 Å². The van der Waals surface area contributed by atoms with Gasteiger partial charge in [-0.25, -0.2) is 9.37 Å². The summed E-state index contributed by atoms with van der Waals surface area (Å²) >= 11 is 5.89. The summed E-state index contributed by atoms with van der Waals surface area (Å²) in [5.74, 6) is 0.403. The number of benzene rings is 2. The number of halogens is 2. The molecule has 0 aliphatic rings. The number of rotatable bonds is 6. The van der Waals surface area contributed by atoms with E-state index in [1.54, 1.807) is 41.4 Å². The van der Waals surface area contributed by atoms with Gasteiger partial charge in [0, 0.05) is 36.1 Å². The molecule has 6 heteroatoms. The quantitative estimate of drug-likeness (QED) is 0.644. The van der Waals surface area contributed by atoms with Crippen molar-refractivity contribution in [3.8, 4) is 0 Å². The number of amides is 1. The summed E-state index contributed by atoms with van der Waals surface area (Å²) in [5.41, 5.74) is 1.43. The first kappa shape index (κ1) is 18.1. The molecule has 1 amide bonds. The van der Waals surface area contributed by atoms with Gasteiger partial charge >= 0.3 is 0 Å². The van der Waals surface area contributed by atoms with E-state index in [4.69, 9.17) is 11.6 Å². The van der Waals surface area contributed by atoms with Crippen LogP contribution >= 0.6 is 11.6 Å². The van der Waals surface area contributed by atoms with Crippen LogP contribution in [0.2, 0.25) is 5.02 Å². The van der Waals surface area contributed by atoms with Gasteiger partial charge in [-0.05, 0) is 48.9 Å². The van der Waals surface area contributed by atoms with Gasteiger partial charge in [0.2, 0.25) is 0 Å². The lowest BCUT2D eigenvalue weighted by atomic mass is 10.2. The van der Waals surface area contributed by atoms with Crippen molar-refractivity contribution in [2.45, 2.75) is 20.0 Å². The van der Waals surface area contributed by atoms with Gasteiger partial charge in [0.1, 0.15) is 11.6 Å². The van der Waals surface area contributed by atoms with Gasteiger partial charge in [0.15, 0.2) is 0 Å². The molecule has 3 rings (SSSR count). The maximum Gasteiger partial charge on any atom is 0.254 e. The van der Waals surface area contributed by atoms with Crippen molar-refractivity contribution in [3.63, 3.8) is 0 Å². The Morgan fingerprint density at radius 2 is 2.00 bits per heavy atom. The minimum atomic E-state index is -0.266. The molecule has 26 heavy (non-hydrogen) atoms. The lowest BCUT2D eigenvalue weighted by Crippen LogP contribution is -2.31. The molecule has 0 atom stereocenters. The zero-order valence-electron chi connectivity index (χ0n) is 14.4. The van der Waals surface area contributed by atoms with Crippen LogP contribution in [0.15, 0.2) is 60.9 Å². The number of carbonyl (C=O) groups is 1. The number of imidazole rings is 1. The molecule has 0 unspecified atom stereocenters. The molecule has 1 heterocycles. The lowest BCUT2D eigenvalue weighted by Gasteiger charge is -2.21. The van der Waals surface area contributed by atoms with Crippen molar-refractivity contribution < 1.29 is 9.18 Å². The van der Waals surface area contributed by atoms with E-state index in [0.29, 0.717) is 30.2 Å². The molecule has 134 valence electrons. The van der Waals surface area contributed by atoms with Crippen LogP contribution in [0.25, 0.3) is 0 Å². The summed E-state index contributed by atoms with van der Waals surface area (Å²) < 4.78 is 15.3. The summed E-state index contributed by atoms with van der Waals surface area (Å²) in [6.07, 6.45) is 3.52. The van der Waals surface area contributed by atoms with E-state index in [1.165, 1.54) is 12.1 Å². The molecule has 0 aliphatic carbocycles. The molecular weight excluding hydrogens is 353 g/mol. The van der Waals surface area contributed by atoms with E-state index in [1.807, 2.05) is 23.8 Å². The highest BCUT2D eigenvalue weighted by Crippen LogP contribution is 2.14. The normalized spacial score (nSPS) is 10.7. The summed E-state index contributed by atoms with van der Waals surface area (Å²) in [6, 6.07) is 13.3. The molecule has 0 bridgehead atoms. The molecule has 2 aromatic carbocycles. The Labute approximate surface area is 156 Å². The number of nitrogens with zero attached hydrogens (tertiary/aromatic N) is 3. The number of hydrogen-bond donors (Lipinski definition) is 0. The van der Waals surface area contributed by atoms with E-state index in [2.05, 4.69) is 4.98 Å². The van der Waals surface area contributed by atoms with Crippen molar-refractivity contribution in [3.05, 3.63) is 88.7 Å². The molecule has 4 nitrogen and oxygen atoms in total. The Bertz CT molecular complexity index is 892. The predicted molar refractivity (Wildman–Crippen MR) is 99.6 cm³/mol.